The lowest BCUT2D eigenvalue weighted by atomic mass is 10.1. The Labute approximate surface area is 213 Å². The van der Waals surface area contributed by atoms with E-state index in [1.54, 1.807) is 24.3 Å². The highest BCUT2D eigenvalue weighted by molar-refractivity contribution is 5.76. The molecule has 1 aromatic carbocycles. The van der Waals surface area contributed by atoms with Crippen LogP contribution in [0.2, 0.25) is 0 Å². The van der Waals surface area contributed by atoms with Crippen LogP contribution in [0.3, 0.4) is 0 Å². The molecule has 1 fully saturated rings. The second-order valence-corrected chi connectivity index (χ2v) is 9.61. The lowest BCUT2D eigenvalue weighted by Gasteiger charge is -2.21. The normalized spacial score (nSPS) is 19.6. The maximum atomic E-state index is 12.4. The van der Waals surface area contributed by atoms with Crippen molar-refractivity contribution in [2.75, 3.05) is 20.2 Å². The number of methoxy groups -OCH3 is 1. The zero-order chi connectivity index (χ0) is 26.4. The summed E-state index contributed by atoms with van der Waals surface area (Å²) in [4.78, 5) is 14.5. The van der Waals surface area contributed by atoms with Crippen molar-refractivity contribution in [3.05, 3.63) is 35.9 Å². The highest BCUT2D eigenvalue weighted by atomic mass is 19.4. The third-order valence-electron chi connectivity index (χ3n) is 6.63. The van der Waals surface area contributed by atoms with Gasteiger partial charge in [-0.2, -0.15) is 13.2 Å². The van der Waals surface area contributed by atoms with Crippen LogP contribution in [0.1, 0.15) is 83.1 Å². The number of carbonyl (C=O) groups excluding carboxylic acids is 1. The Bertz CT molecular complexity index is 782. The van der Waals surface area contributed by atoms with Crippen LogP contribution in [0.15, 0.2) is 30.3 Å². The Hall–Kier alpha value is -2.06. The number of unbranched alkanes of at least 4 members (excludes halogenated alkanes) is 9. The molecule has 0 aliphatic carbocycles. The van der Waals surface area contributed by atoms with Gasteiger partial charge in [0.15, 0.2) is 6.10 Å². The van der Waals surface area contributed by atoms with Crippen molar-refractivity contribution in [1.29, 1.82) is 0 Å². The standard InChI is InChI=1S/C28H42F3NO4/c1-3-4-5-6-7-8-9-10-11-12-19-32-21-24(20-25(32)27(34)35-2)36-23-16-13-22(14-17-23)15-18-26(33)28(29,30)31/h13-18,24-26,33H,3-12,19-21H2,1-2H3/b18-15+/t24-,25-,26?/m0/s1. The van der Waals surface area contributed by atoms with E-state index in [4.69, 9.17) is 14.6 Å². The highest BCUT2D eigenvalue weighted by Gasteiger charge is 2.38. The number of nitrogens with zero attached hydrogens (tertiary/aromatic N) is 1. The van der Waals surface area contributed by atoms with Gasteiger partial charge in [0, 0.05) is 13.0 Å². The molecule has 5 nitrogen and oxygen atoms in total. The molecule has 1 aliphatic heterocycles. The average molecular weight is 514 g/mol. The largest absolute Gasteiger partial charge is 0.489 e. The van der Waals surface area contributed by atoms with Gasteiger partial charge in [-0.15, -0.1) is 0 Å². The number of benzene rings is 1. The van der Waals surface area contributed by atoms with Crippen molar-refractivity contribution in [3.63, 3.8) is 0 Å². The summed E-state index contributed by atoms with van der Waals surface area (Å²) < 4.78 is 48.3. The lowest BCUT2D eigenvalue weighted by molar-refractivity contribution is -0.187. The second kappa shape index (κ2) is 15.9. The summed E-state index contributed by atoms with van der Waals surface area (Å²) in [5, 5.41) is 9.08. The molecule has 1 aromatic rings. The number of likely N-dealkylation sites (tertiary alicyclic amines) is 1. The van der Waals surface area contributed by atoms with Gasteiger partial charge in [-0.25, -0.2) is 0 Å². The van der Waals surface area contributed by atoms with Gasteiger partial charge in [0.1, 0.15) is 17.9 Å². The number of alkyl halides is 3. The van der Waals surface area contributed by atoms with Crippen LogP contribution in [-0.4, -0.2) is 60.6 Å². The maximum absolute atomic E-state index is 12.4. The third-order valence-corrected chi connectivity index (χ3v) is 6.63. The van der Waals surface area contributed by atoms with E-state index in [0.29, 0.717) is 30.4 Å². The fourth-order valence-electron chi connectivity index (χ4n) is 4.54. The molecule has 0 amide bonds. The predicted octanol–water partition coefficient (Wildman–Crippen LogP) is 6.54. The van der Waals surface area contributed by atoms with Gasteiger partial charge in [-0.05, 0) is 36.7 Å². The zero-order valence-electron chi connectivity index (χ0n) is 21.6. The van der Waals surface area contributed by atoms with Crippen molar-refractivity contribution in [2.45, 2.75) is 102 Å². The van der Waals surface area contributed by atoms with E-state index in [9.17, 15) is 18.0 Å². The molecule has 3 atom stereocenters. The molecule has 2 rings (SSSR count). The topological polar surface area (TPSA) is 59.0 Å². The van der Waals surface area contributed by atoms with E-state index < -0.39 is 12.3 Å². The molecule has 0 aromatic heterocycles. The first kappa shape index (κ1) is 30.2. The van der Waals surface area contributed by atoms with Crippen molar-refractivity contribution >= 4 is 12.0 Å². The molecule has 0 spiro atoms. The van der Waals surface area contributed by atoms with Gasteiger partial charge in [-0.3, -0.25) is 9.69 Å². The number of hydrogen-bond donors (Lipinski definition) is 1. The van der Waals surface area contributed by atoms with Crippen molar-refractivity contribution in [2.24, 2.45) is 0 Å². The van der Waals surface area contributed by atoms with Crippen LogP contribution in [0.5, 0.6) is 5.75 Å². The highest BCUT2D eigenvalue weighted by Crippen LogP contribution is 2.26. The van der Waals surface area contributed by atoms with Crippen LogP contribution < -0.4 is 4.74 Å². The Morgan fingerprint density at radius 3 is 2.19 bits per heavy atom. The molecule has 1 saturated heterocycles. The van der Waals surface area contributed by atoms with Crippen LogP contribution in [-0.2, 0) is 9.53 Å². The smallest absolute Gasteiger partial charge is 0.417 e. The average Bonchev–Trinajstić information content (AvgIpc) is 3.25. The molecule has 204 valence electrons. The zero-order valence-corrected chi connectivity index (χ0v) is 21.6. The summed E-state index contributed by atoms with van der Waals surface area (Å²) in [5.41, 5.74) is 0.520. The first-order valence-electron chi connectivity index (χ1n) is 13.3. The molecule has 36 heavy (non-hydrogen) atoms. The third kappa shape index (κ3) is 10.9. The number of ether oxygens (including phenoxy) is 2. The number of halogens is 3. The molecule has 0 bridgehead atoms. The SMILES string of the molecule is CCCCCCCCCCCCN1C[C@@H](Oc2ccc(/C=C/C(O)C(F)(F)F)cc2)C[C@H]1C(=O)OC. The Morgan fingerprint density at radius 1 is 1.06 bits per heavy atom. The Morgan fingerprint density at radius 2 is 1.64 bits per heavy atom. The first-order valence-corrected chi connectivity index (χ1v) is 13.3. The number of esters is 1. The van der Waals surface area contributed by atoms with E-state index in [1.165, 1.54) is 64.6 Å². The van der Waals surface area contributed by atoms with Crippen LogP contribution >= 0.6 is 0 Å². The maximum Gasteiger partial charge on any atom is 0.417 e. The monoisotopic (exact) mass is 513 g/mol. The molecule has 1 heterocycles. The minimum Gasteiger partial charge on any atom is -0.489 e. The summed E-state index contributed by atoms with van der Waals surface area (Å²) in [6, 6.07) is 6.28. The van der Waals surface area contributed by atoms with E-state index in [1.807, 2.05) is 0 Å². The predicted molar refractivity (Wildman–Crippen MR) is 136 cm³/mol. The van der Waals surface area contributed by atoms with Gasteiger partial charge >= 0.3 is 12.1 Å². The van der Waals surface area contributed by atoms with Gasteiger partial charge in [0.05, 0.1) is 7.11 Å². The van der Waals surface area contributed by atoms with Gasteiger partial charge in [0.25, 0.3) is 0 Å². The first-order chi connectivity index (χ1) is 17.2. The second-order valence-electron chi connectivity index (χ2n) is 9.61. The molecule has 1 aliphatic rings. The molecule has 0 radical (unpaired) electrons. The summed E-state index contributed by atoms with van der Waals surface area (Å²) in [5.74, 6) is 0.329. The van der Waals surface area contributed by atoms with Crippen LogP contribution in [0.25, 0.3) is 6.08 Å². The fraction of sp³-hybridized carbons (Fsp3) is 0.679. The fourth-order valence-corrected chi connectivity index (χ4v) is 4.54. The van der Waals surface area contributed by atoms with E-state index in [0.717, 1.165) is 19.4 Å². The van der Waals surface area contributed by atoms with E-state index >= 15 is 0 Å². The molecule has 1 unspecified atom stereocenters. The molecular weight excluding hydrogens is 471 g/mol. The molecule has 1 N–H and O–H groups in total. The van der Waals surface area contributed by atoms with Gasteiger partial charge < -0.3 is 14.6 Å². The molecule has 8 heteroatoms. The number of aliphatic hydroxyl groups is 1. The van der Waals surface area contributed by atoms with E-state index in [-0.39, 0.29) is 18.1 Å². The van der Waals surface area contributed by atoms with Crippen molar-refractivity contribution in [3.8, 4) is 5.75 Å². The van der Waals surface area contributed by atoms with E-state index in [2.05, 4.69) is 11.8 Å². The number of rotatable bonds is 16. The minimum absolute atomic E-state index is 0.175. The Kier molecular flexibility index (Phi) is 13.3. The summed E-state index contributed by atoms with van der Waals surface area (Å²) in [6.45, 7) is 3.68. The van der Waals surface area contributed by atoms with Crippen molar-refractivity contribution in [1.82, 2.24) is 4.90 Å². The van der Waals surface area contributed by atoms with Gasteiger partial charge in [-0.1, -0.05) is 82.9 Å². The summed E-state index contributed by atoms with van der Waals surface area (Å²) >= 11 is 0. The quantitative estimate of drug-likeness (QED) is 0.201. The molecule has 0 saturated carbocycles. The van der Waals surface area contributed by atoms with Gasteiger partial charge in [0.2, 0.25) is 0 Å². The van der Waals surface area contributed by atoms with Crippen LogP contribution in [0.4, 0.5) is 13.2 Å². The summed E-state index contributed by atoms with van der Waals surface area (Å²) in [7, 11) is 1.40. The number of hydrogen-bond acceptors (Lipinski definition) is 5. The Balaban J connectivity index is 1.77. The summed E-state index contributed by atoms with van der Waals surface area (Å²) in [6.07, 6.45) is 7.66. The molecular formula is C28H42F3NO4. The number of carbonyl (C=O) groups is 1. The minimum atomic E-state index is -4.68. The van der Waals surface area contributed by atoms with Crippen LogP contribution in [0, 0.1) is 0 Å². The number of aliphatic hydroxyl groups excluding tert-OH is 1. The van der Waals surface area contributed by atoms with Crippen molar-refractivity contribution < 1.29 is 32.5 Å². The lowest BCUT2D eigenvalue weighted by Crippen LogP contribution is -2.37.